The average molecular weight is 283 g/mol. The third-order valence-electron chi connectivity index (χ3n) is 5.01. The van der Waals surface area contributed by atoms with Gasteiger partial charge in [-0.15, -0.1) is 0 Å². The second-order valence-electron chi connectivity index (χ2n) is 6.61. The van der Waals surface area contributed by atoms with Crippen LogP contribution in [0.1, 0.15) is 38.8 Å². The van der Waals surface area contributed by atoms with Crippen molar-refractivity contribution in [1.29, 1.82) is 0 Å². The third kappa shape index (κ3) is 2.82. The Balaban J connectivity index is 1.97. The number of pyridine rings is 1. The Kier molecular flexibility index (Phi) is 3.75. The summed E-state index contributed by atoms with van der Waals surface area (Å²) in [5, 5.41) is 4.91. The van der Waals surface area contributed by atoms with E-state index in [0.29, 0.717) is 12.0 Å². The second-order valence-corrected chi connectivity index (χ2v) is 6.61. The van der Waals surface area contributed by atoms with Gasteiger partial charge >= 0.3 is 0 Å². The summed E-state index contributed by atoms with van der Waals surface area (Å²) in [5.41, 5.74) is 9.99. The largest absolute Gasteiger partial charge is 0.399 e. The zero-order valence-electron chi connectivity index (χ0n) is 13.2. The minimum atomic E-state index is 0.542. The Labute approximate surface area is 127 Å². The highest BCUT2D eigenvalue weighted by atomic mass is 14.9. The maximum Gasteiger partial charge on any atom is 0.0727 e. The van der Waals surface area contributed by atoms with Gasteiger partial charge in [-0.3, -0.25) is 4.98 Å². The molecule has 0 amide bonds. The monoisotopic (exact) mass is 283 g/mol. The number of hydrogen-bond acceptors (Lipinski definition) is 3. The van der Waals surface area contributed by atoms with Crippen molar-refractivity contribution in [3.05, 3.63) is 30.0 Å². The van der Waals surface area contributed by atoms with Gasteiger partial charge in [-0.25, -0.2) is 0 Å². The first-order chi connectivity index (χ1) is 10.0. The zero-order valence-corrected chi connectivity index (χ0v) is 13.2. The molecule has 1 aromatic heterocycles. The van der Waals surface area contributed by atoms with E-state index in [2.05, 4.69) is 30.2 Å². The number of hydrogen-bond donors (Lipinski definition) is 2. The Bertz CT molecular complexity index is 650. The van der Waals surface area contributed by atoms with Gasteiger partial charge < -0.3 is 11.1 Å². The van der Waals surface area contributed by atoms with Crippen molar-refractivity contribution in [2.24, 2.45) is 11.8 Å². The predicted molar refractivity (Wildman–Crippen MR) is 90.5 cm³/mol. The van der Waals surface area contributed by atoms with Crippen molar-refractivity contribution >= 4 is 22.3 Å². The predicted octanol–water partition coefficient (Wildman–Crippen LogP) is 4.36. The molecule has 3 nitrogen and oxygen atoms in total. The number of nitrogens with one attached hydrogen (secondary N) is 1. The summed E-state index contributed by atoms with van der Waals surface area (Å²) in [4.78, 5) is 4.61. The number of fused-ring (bicyclic) bond motifs is 1. The number of nitrogens with two attached hydrogens (primary N) is 1. The molecule has 21 heavy (non-hydrogen) atoms. The molecule has 1 aromatic carbocycles. The summed E-state index contributed by atoms with van der Waals surface area (Å²) in [5.74, 6) is 1.49. The van der Waals surface area contributed by atoms with Crippen LogP contribution in [0.25, 0.3) is 10.9 Å². The standard InChI is InChI=1S/C18H25N3/c1-11-5-4-6-16(13(11)3)21-18-9-12(2)20-17-8-7-14(19)10-15(17)18/h7-11,13,16H,4-6,19H2,1-3H3,(H,20,21). The lowest BCUT2D eigenvalue weighted by Gasteiger charge is -2.35. The van der Waals surface area contributed by atoms with E-state index in [4.69, 9.17) is 5.73 Å². The minimum absolute atomic E-state index is 0.542. The molecule has 0 spiro atoms. The highest BCUT2D eigenvalue weighted by molar-refractivity contribution is 5.93. The van der Waals surface area contributed by atoms with Crippen molar-refractivity contribution in [2.75, 3.05) is 11.1 Å². The van der Waals surface area contributed by atoms with Crippen LogP contribution >= 0.6 is 0 Å². The summed E-state index contributed by atoms with van der Waals surface area (Å²) in [7, 11) is 0. The number of rotatable bonds is 2. The molecule has 1 aliphatic rings. The number of nitrogen functional groups attached to an aromatic ring is 1. The maximum atomic E-state index is 5.96. The van der Waals surface area contributed by atoms with Gasteiger partial charge in [0.15, 0.2) is 0 Å². The first-order valence-corrected chi connectivity index (χ1v) is 7.98. The smallest absolute Gasteiger partial charge is 0.0727 e. The van der Waals surface area contributed by atoms with Crippen molar-refractivity contribution in [3.8, 4) is 0 Å². The van der Waals surface area contributed by atoms with E-state index < -0.39 is 0 Å². The van der Waals surface area contributed by atoms with Crippen LogP contribution in [0.2, 0.25) is 0 Å². The molecule has 2 aromatic rings. The molecule has 1 heterocycles. The molecule has 0 bridgehead atoms. The van der Waals surface area contributed by atoms with Crippen LogP contribution in [0.5, 0.6) is 0 Å². The van der Waals surface area contributed by atoms with E-state index in [1.165, 1.54) is 24.9 Å². The Morgan fingerprint density at radius 2 is 2.00 bits per heavy atom. The fraction of sp³-hybridized carbons (Fsp3) is 0.500. The average Bonchev–Trinajstić information content (AvgIpc) is 2.44. The SMILES string of the molecule is Cc1cc(NC2CCCC(C)C2C)c2cc(N)ccc2n1. The highest BCUT2D eigenvalue weighted by Gasteiger charge is 2.27. The number of aromatic nitrogens is 1. The second kappa shape index (κ2) is 5.55. The Hall–Kier alpha value is -1.77. The number of aryl methyl sites for hydroxylation is 1. The van der Waals surface area contributed by atoms with E-state index in [1.54, 1.807) is 0 Å². The topological polar surface area (TPSA) is 50.9 Å². The van der Waals surface area contributed by atoms with E-state index >= 15 is 0 Å². The lowest BCUT2D eigenvalue weighted by Crippen LogP contribution is -2.35. The summed E-state index contributed by atoms with van der Waals surface area (Å²) in [6.45, 7) is 6.78. The molecular formula is C18H25N3. The summed E-state index contributed by atoms with van der Waals surface area (Å²) in [6.07, 6.45) is 3.91. The van der Waals surface area contributed by atoms with Crippen LogP contribution in [-0.4, -0.2) is 11.0 Å². The molecule has 3 rings (SSSR count). The van der Waals surface area contributed by atoms with Crippen LogP contribution in [0.4, 0.5) is 11.4 Å². The van der Waals surface area contributed by atoms with Gasteiger partial charge in [0.25, 0.3) is 0 Å². The zero-order chi connectivity index (χ0) is 15.0. The van der Waals surface area contributed by atoms with Crippen molar-refractivity contribution < 1.29 is 0 Å². The van der Waals surface area contributed by atoms with Crippen LogP contribution in [0, 0.1) is 18.8 Å². The molecule has 1 fully saturated rings. The van der Waals surface area contributed by atoms with Crippen LogP contribution in [0.3, 0.4) is 0 Å². The Morgan fingerprint density at radius 1 is 1.19 bits per heavy atom. The molecule has 1 aliphatic carbocycles. The maximum absolute atomic E-state index is 5.96. The number of nitrogens with zero attached hydrogens (tertiary/aromatic N) is 1. The summed E-state index contributed by atoms with van der Waals surface area (Å²) in [6, 6.07) is 8.65. The summed E-state index contributed by atoms with van der Waals surface area (Å²) >= 11 is 0. The van der Waals surface area contributed by atoms with Crippen LogP contribution in [0.15, 0.2) is 24.3 Å². The fourth-order valence-corrected chi connectivity index (χ4v) is 3.48. The molecule has 3 unspecified atom stereocenters. The molecule has 3 heteroatoms. The van der Waals surface area contributed by atoms with Gasteiger partial charge in [0.2, 0.25) is 0 Å². The first kappa shape index (κ1) is 14.2. The quantitative estimate of drug-likeness (QED) is 0.805. The van der Waals surface area contributed by atoms with E-state index in [0.717, 1.165) is 28.2 Å². The molecule has 112 valence electrons. The van der Waals surface area contributed by atoms with Gasteiger partial charge in [0, 0.05) is 28.5 Å². The highest BCUT2D eigenvalue weighted by Crippen LogP contribution is 2.33. The molecule has 0 aliphatic heterocycles. The lowest BCUT2D eigenvalue weighted by atomic mass is 9.78. The molecule has 3 atom stereocenters. The van der Waals surface area contributed by atoms with Gasteiger partial charge in [0.1, 0.15) is 0 Å². The van der Waals surface area contributed by atoms with Crippen LogP contribution < -0.4 is 11.1 Å². The lowest BCUT2D eigenvalue weighted by molar-refractivity contribution is 0.253. The number of anilines is 2. The first-order valence-electron chi connectivity index (χ1n) is 7.98. The van der Waals surface area contributed by atoms with Crippen molar-refractivity contribution in [1.82, 2.24) is 4.98 Å². The summed E-state index contributed by atoms with van der Waals surface area (Å²) < 4.78 is 0. The van der Waals surface area contributed by atoms with Crippen molar-refractivity contribution in [2.45, 2.75) is 46.1 Å². The Morgan fingerprint density at radius 3 is 2.81 bits per heavy atom. The third-order valence-corrected chi connectivity index (χ3v) is 5.01. The normalized spacial score (nSPS) is 26.0. The molecular weight excluding hydrogens is 258 g/mol. The minimum Gasteiger partial charge on any atom is -0.399 e. The molecule has 0 radical (unpaired) electrons. The van der Waals surface area contributed by atoms with Gasteiger partial charge in [-0.1, -0.05) is 26.7 Å². The molecule has 1 saturated carbocycles. The molecule has 0 saturated heterocycles. The van der Waals surface area contributed by atoms with Gasteiger partial charge in [-0.2, -0.15) is 0 Å². The van der Waals surface area contributed by atoms with E-state index in [9.17, 15) is 0 Å². The number of benzene rings is 1. The fourth-order valence-electron chi connectivity index (χ4n) is 3.48. The molecule has 3 N–H and O–H groups in total. The van der Waals surface area contributed by atoms with Gasteiger partial charge in [-0.05, 0) is 49.4 Å². The van der Waals surface area contributed by atoms with Crippen LogP contribution in [-0.2, 0) is 0 Å². The van der Waals surface area contributed by atoms with Crippen molar-refractivity contribution in [3.63, 3.8) is 0 Å². The van der Waals surface area contributed by atoms with Gasteiger partial charge in [0.05, 0.1) is 5.52 Å². The van der Waals surface area contributed by atoms with E-state index in [1.807, 2.05) is 25.1 Å². The van der Waals surface area contributed by atoms with E-state index in [-0.39, 0.29) is 0 Å².